The number of amides is 1. The first-order chi connectivity index (χ1) is 12.6. The summed E-state index contributed by atoms with van der Waals surface area (Å²) < 4.78 is 0. The van der Waals surface area contributed by atoms with Gasteiger partial charge >= 0.3 is 0 Å². The van der Waals surface area contributed by atoms with Crippen molar-refractivity contribution in [2.75, 3.05) is 5.32 Å². The molecule has 1 aliphatic rings. The van der Waals surface area contributed by atoms with Crippen molar-refractivity contribution in [1.82, 2.24) is 10.3 Å². The first-order valence-corrected chi connectivity index (χ1v) is 10.1. The highest BCUT2D eigenvalue weighted by molar-refractivity contribution is 6.31. The van der Waals surface area contributed by atoms with E-state index >= 15 is 0 Å². The van der Waals surface area contributed by atoms with Gasteiger partial charge in [0, 0.05) is 40.3 Å². The number of carbonyl (C=O) groups is 1. The van der Waals surface area contributed by atoms with E-state index < -0.39 is 0 Å². The summed E-state index contributed by atoms with van der Waals surface area (Å²) in [5, 5.41) is 8.72. The quantitative estimate of drug-likeness (QED) is 0.734. The maximum absolute atomic E-state index is 12.3. The molecule has 2 aromatic rings. The summed E-state index contributed by atoms with van der Waals surface area (Å²) >= 11 is 6.07. The molecule has 0 bridgehead atoms. The van der Waals surface area contributed by atoms with Gasteiger partial charge in [0.1, 0.15) is 0 Å². The average Bonchev–Trinajstić information content (AvgIpc) is 2.64. The topological polar surface area (TPSA) is 54.0 Å². The average molecular weight is 374 g/mol. The van der Waals surface area contributed by atoms with Gasteiger partial charge in [-0.1, -0.05) is 25.4 Å². The van der Waals surface area contributed by atoms with Crippen LogP contribution in [0.4, 0.5) is 5.69 Å². The second-order valence-electron chi connectivity index (χ2n) is 7.23. The van der Waals surface area contributed by atoms with Crippen molar-refractivity contribution in [2.45, 2.75) is 64.5 Å². The van der Waals surface area contributed by atoms with E-state index in [-0.39, 0.29) is 11.8 Å². The Morgan fingerprint density at radius 1 is 1.15 bits per heavy atom. The molecule has 0 saturated heterocycles. The molecule has 1 aliphatic carbocycles. The third kappa shape index (κ3) is 4.47. The van der Waals surface area contributed by atoms with Crippen molar-refractivity contribution >= 4 is 34.1 Å². The molecule has 2 N–H and O–H groups in total. The Bertz CT molecular complexity index is 752. The van der Waals surface area contributed by atoms with Crippen LogP contribution in [0.1, 0.15) is 52.4 Å². The van der Waals surface area contributed by atoms with Crippen molar-refractivity contribution in [2.24, 2.45) is 5.92 Å². The second kappa shape index (κ2) is 8.72. The number of carbonyl (C=O) groups excluding carboxylic acids is 1. The van der Waals surface area contributed by atoms with Crippen LogP contribution >= 0.6 is 11.6 Å². The molecule has 0 radical (unpaired) electrons. The minimum Gasteiger partial charge on any atom is -0.382 e. The summed E-state index contributed by atoms with van der Waals surface area (Å²) in [6, 6.07) is 8.59. The van der Waals surface area contributed by atoms with Gasteiger partial charge in [0.05, 0.1) is 5.52 Å². The van der Waals surface area contributed by atoms with E-state index in [0.29, 0.717) is 17.1 Å². The molecule has 5 heteroatoms. The lowest BCUT2D eigenvalue weighted by Gasteiger charge is -2.31. The number of aromatic nitrogens is 1. The Labute approximate surface area is 160 Å². The number of rotatable bonds is 6. The number of benzene rings is 1. The summed E-state index contributed by atoms with van der Waals surface area (Å²) in [5.74, 6) is 0.379. The number of hydrogen-bond donors (Lipinski definition) is 2. The van der Waals surface area contributed by atoms with Crippen LogP contribution in [0.15, 0.2) is 30.5 Å². The molecule has 1 saturated carbocycles. The summed E-state index contributed by atoms with van der Waals surface area (Å²) in [5.41, 5.74) is 2.02. The maximum Gasteiger partial charge on any atom is 0.223 e. The maximum atomic E-state index is 12.3. The standard InChI is InChI=1S/C21H28ClN3O/c1-3-14(4-2)21(26)25-17-8-6-16(7-9-17)24-19-11-12-23-20-13-15(22)5-10-18(19)20/h5,10-14,16-17H,3-4,6-9H2,1-2H3,(H,23,24)(H,25,26). The minimum absolute atomic E-state index is 0.154. The van der Waals surface area contributed by atoms with Crippen molar-refractivity contribution < 1.29 is 4.79 Å². The molecule has 1 amide bonds. The van der Waals surface area contributed by atoms with Gasteiger partial charge in [-0.15, -0.1) is 0 Å². The highest BCUT2D eigenvalue weighted by Crippen LogP contribution is 2.28. The number of nitrogens with one attached hydrogen (secondary N) is 2. The van der Waals surface area contributed by atoms with Crippen molar-refractivity contribution in [3.63, 3.8) is 0 Å². The zero-order valence-electron chi connectivity index (χ0n) is 15.6. The molecular weight excluding hydrogens is 346 g/mol. The number of anilines is 1. The summed E-state index contributed by atoms with van der Waals surface area (Å²) in [6.07, 6.45) is 7.83. The van der Waals surface area contributed by atoms with E-state index in [0.717, 1.165) is 55.1 Å². The SMILES string of the molecule is CCC(CC)C(=O)NC1CCC(Nc2ccnc3cc(Cl)ccc23)CC1. The van der Waals surface area contributed by atoms with Crippen LogP contribution in [0.3, 0.4) is 0 Å². The lowest BCUT2D eigenvalue weighted by molar-refractivity contribution is -0.126. The molecule has 3 rings (SSSR count). The van der Waals surface area contributed by atoms with E-state index in [1.54, 1.807) is 0 Å². The molecular formula is C21H28ClN3O. The Balaban J connectivity index is 1.57. The molecule has 26 heavy (non-hydrogen) atoms. The van der Waals surface area contributed by atoms with Crippen LogP contribution in [0.2, 0.25) is 5.02 Å². The van der Waals surface area contributed by atoms with Crippen molar-refractivity contribution in [3.05, 3.63) is 35.5 Å². The number of halogens is 1. The molecule has 4 nitrogen and oxygen atoms in total. The van der Waals surface area contributed by atoms with E-state index in [9.17, 15) is 4.79 Å². The Morgan fingerprint density at radius 2 is 1.85 bits per heavy atom. The third-order valence-corrected chi connectivity index (χ3v) is 5.73. The van der Waals surface area contributed by atoms with Gasteiger partial charge < -0.3 is 10.6 Å². The number of nitrogens with zero attached hydrogens (tertiary/aromatic N) is 1. The fraction of sp³-hybridized carbons (Fsp3) is 0.524. The Hall–Kier alpha value is -1.81. The van der Waals surface area contributed by atoms with Crippen molar-refractivity contribution in [3.8, 4) is 0 Å². The monoisotopic (exact) mass is 373 g/mol. The highest BCUT2D eigenvalue weighted by Gasteiger charge is 2.24. The highest BCUT2D eigenvalue weighted by atomic mass is 35.5. The van der Waals surface area contributed by atoms with Gasteiger partial charge in [-0.3, -0.25) is 9.78 Å². The van der Waals surface area contributed by atoms with Crippen LogP contribution < -0.4 is 10.6 Å². The van der Waals surface area contributed by atoms with Crippen LogP contribution in [0.25, 0.3) is 10.9 Å². The lowest BCUT2D eigenvalue weighted by Crippen LogP contribution is -2.42. The van der Waals surface area contributed by atoms with Crippen LogP contribution in [-0.2, 0) is 4.79 Å². The third-order valence-electron chi connectivity index (χ3n) is 5.49. The van der Waals surface area contributed by atoms with E-state index in [2.05, 4.69) is 29.5 Å². The molecule has 1 aromatic carbocycles. The Kier molecular flexibility index (Phi) is 6.36. The number of pyridine rings is 1. The first kappa shape index (κ1) is 19.0. The van der Waals surface area contributed by atoms with E-state index in [4.69, 9.17) is 11.6 Å². The largest absolute Gasteiger partial charge is 0.382 e. The normalized spacial score (nSPS) is 20.3. The van der Waals surface area contributed by atoms with Gasteiger partial charge in [0.2, 0.25) is 5.91 Å². The molecule has 0 atom stereocenters. The zero-order valence-corrected chi connectivity index (χ0v) is 16.4. The minimum atomic E-state index is 0.154. The van der Waals surface area contributed by atoms with Gasteiger partial charge in [0.25, 0.3) is 0 Å². The lowest BCUT2D eigenvalue weighted by atomic mass is 9.90. The van der Waals surface area contributed by atoms with Gasteiger partial charge in [-0.2, -0.15) is 0 Å². The van der Waals surface area contributed by atoms with Gasteiger partial charge in [-0.05, 0) is 62.8 Å². The van der Waals surface area contributed by atoms with Gasteiger partial charge in [0.15, 0.2) is 0 Å². The van der Waals surface area contributed by atoms with E-state index in [1.165, 1.54) is 0 Å². The predicted molar refractivity (Wildman–Crippen MR) is 109 cm³/mol. The molecule has 1 aromatic heterocycles. The van der Waals surface area contributed by atoms with Gasteiger partial charge in [-0.25, -0.2) is 0 Å². The molecule has 1 fully saturated rings. The molecule has 0 aliphatic heterocycles. The molecule has 0 unspecified atom stereocenters. The van der Waals surface area contributed by atoms with Crippen molar-refractivity contribution in [1.29, 1.82) is 0 Å². The van der Waals surface area contributed by atoms with Crippen LogP contribution in [0.5, 0.6) is 0 Å². The fourth-order valence-electron chi connectivity index (χ4n) is 3.83. The van der Waals surface area contributed by atoms with Crippen LogP contribution in [-0.4, -0.2) is 23.0 Å². The smallest absolute Gasteiger partial charge is 0.223 e. The fourth-order valence-corrected chi connectivity index (χ4v) is 3.99. The summed E-state index contributed by atoms with van der Waals surface area (Å²) in [7, 11) is 0. The zero-order chi connectivity index (χ0) is 18.5. The summed E-state index contributed by atoms with van der Waals surface area (Å²) in [6.45, 7) is 4.17. The van der Waals surface area contributed by atoms with E-state index in [1.807, 2.05) is 30.5 Å². The number of fused-ring (bicyclic) bond motifs is 1. The number of hydrogen-bond acceptors (Lipinski definition) is 3. The predicted octanol–water partition coefficient (Wildman–Crippen LogP) is 5.16. The molecule has 140 valence electrons. The van der Waals surface area contributed by atoms with Crippen LogP contribution in [0, 0.1) is 5.92 Å². The first-order valence-electron chi connectivity index (χ1n) is 9.71. The molecule has 1 heterocycles. The molecule has 0 spiro atoms. The second-order valence-corrected chi connectivity index (χ2v) is 7.67. The summed E-state index contributed by atoms with van der Waals surface area (Å²) in [4.78, 5) is 16.7. The Morgan fingerprint density at radius 3 is 2.54 bits per heavy atom.